The van der Waals surface area contributed by atoms with Gasteiger partial charge < -0.3 is 19.6 Å². The van der Waals surface area contributed by atoms with Crippen molar-refractivity contribution in [1.29, 1.82) is 0 Å². The fraction of sp³-hybridized carbons (Fsp3) is 0. The summed E-state index contributed by atoms with van der Waals surface area (Å²) in [5.74, 6) is 1.24. The molecule has 11 nitrogen and oxygen atoms in total. The summed E-state index contributed by atoms with van der Waals surface area (Å²) in [5, 5.41) is 1.33. The van der Waals surface area contributed by atoms with Gasteiger partial charge in [-0.25, -0.2) is 14.3 Å². The third-order valence-corrected chi connectivity index (χ3v) is 3.93. The minimum atomic E-state index is -5.36. The highest BCUT2D eigenvalue weighted by Gasteiger charge is 2.10. The summed E-state index contributed by atoms with van der Waals surface area (Å²) in [6.07, 6.45) is 3.27. The second-order valence-corrected chi connectivity index (χ2v) is 7.34. The Hall–Kier alpha value is -1.26. The van der Waals surface area contributed by atoms with Crippen LogP contribution in [-0.4, -0.2) is 9.79 Å². The van der Waals surface area contributed by atoms with Gasteiger partial charge in [0.05, 0.1) is 10.0 Å². The maximum atomic E-state index is 9.48. The Bertz CT molecular complexity index is 630. The lowest BCUT2D eigenvalue weighted by molar-refractivity contribution is -0.360. The number of pyridine rings is 2. The summed E-state index contributed by atoms with van der Waals surface area (Å²) < 4.78 is 21.7. The highest BCUT2D eigenvalue weighted by Crippen LogP contribution is 2.48. The van der Waals surface area contributed by atoms with Crippen LogP contribution in [0.2, 0.25) is 10.0 Å². The number of nitrogens with two attached hydrogens (primary N) is 2. The van der Waals surface area contributed by atoms with Gasteiger partial charge in [-0.2, -0.15) is 0 Å². The minimum Gasteiger partial charge on any atom is -0.756 e. The van der Waals surface area contributed by atoms with Gasteiger partial charge in [-0.1, -0.05) is 23.2 Å². The normalized spacial score (nSPS) is 14.6. The number of nitrogens with one attached hydrogen (secondary N) is 2. The van der Waals surface area contributed by atoms with E-state index in [1.165, 1.54) is 0 Å². The first-order chi connectivity index (χ1) is 11.3. The van der Waals surface area contributed by atoms with Crippen LogP contribution in [0.5, 0.6) is 0 Å². The first-order valence-electron chi connectivity index (χ1n) is 5.93. The number of nitrogen functional groups attached to an aromatic ring is 2. The van der Waals surface area contributed by atoms with Crippen molar-refractivity contribution in [3.8, 4) is 0 Å². The molecule has 0 radical (unpaired) electrons. The van der Waals surface area contributed by atoms with Gasteiger partial charge in [-0.3, -0.25) is 20.6 Å². The Kier molecular flexibility index (Phi) is 10.1. The number of anilines is 2. The SMILES string of the molecule is Nc1ccc(Cl)c[nH+]1.Nc1ccc(Cl)c[nH+]1.O=P([O-])(O)OP(=O)([O-])O. The topological polar surface area (TPSA) is 210 Å². The average Bonchev–Trinajstić information content (AvgIpc) is 2.43. The number of rotatable bonds is 2. The third-order valence-electron chi connectivity index (χ3n) is 1.80. The highest BCUT2D eigenvalue weighted by atomic mass is 35.5. The molecule has 8 N–H and O–H groups in total. The van der Waals surface area contributed by atoms with Gasteiger partial charge in [0, 0.05) is 12.1 Å². The van der Waals surface area contributed by atoms with Crippen molar-refractivity contribution in [3.05, 3.63) is 46.7 Å². The Balaban J connectivity index is 0.000000346. The monoisotopic (exact) mass is 434 g/mol. The minimum absolute atomic E-state index is 0.620. The molecule has 0 aliphatic heterocycles. The van der Waals surface area contributed by atoms with Crippen LogP contribution >= 0.6 is 38.8 Å². The van der Waals surface area contributed by atoms with Crippen LogP contribution in [-0.2, 0) is 13.4 Å². The van der Waals surface area contributed by atoms with E-state index in [4.69, 9.17) is 44.5 Å². The van der Waals surface area contributed by atoms with E-state index >= 15 is 0 Å². The van der Waals surface area contributed by atoms with Crippen LogP contribution in [0.3, 0.4) is 0 Å². The largest absolute Gasteiger partial charge is 0.756 e. The molecule has 25 heavy (non-hydrogen) atoms. The molecular formula is C10H14Cl2N4O7P2. The first-order valence-corrected chi connectivity index (χ1v) is 9.67. The van der Waals surface area contributed by atoms with Crippen molar-refractivity contribution in [2.45, 2.75) is 0 Å². The van der Waals surface area contributed by atoms with Crippen molar-refractivity contribution >= 4 is 50.5 Å². The van der Waals surface area contributed by atoms with Crippen molar-refractivity contribution < 1.29 is 43.0 Å². The molecular weight excluding hydrogens is 421 g/mol. The molecule has 15 heteroatoms. The van der Waals surface area contributed by atoms with E-state index in [9.17, 15) is 18.9 Å². The molecule has 2 aromatic heterocycles. The van der Waals surface area contributed by atoms with Gasteiger partial charge in [0.2, 0.25) is 0 Å². The van der Waals surface area contributed by atoms with Gasteiger partial charge in [0.15, 0.2) is 0 Å². The Morgan fingerprint density at radius 2 is 1.20 bits per heavy atom. The van der Waals surface area contributed by atoms with Crippen LogP contribution in [0.4, 0.5) is 11.6 Å². The molecule has 0 aliphatic carbocycles. The van der Waals surface area contributed by atoms with E-state index in [0.29, 0.717) is 21.7 Å². The Morgan fingerprint density at radius 3 is 1.32 bits per heavy atom. The highest BCUT2D eigenvalue weighted by molar-refractivity contribution is 7.58. The zero-order valence-electron chi connectivity index (χ0n) is 12.2. The molecule has 2 atom stereocenters. The summed E-state index contributed by atoms with van der Waals surface area (Å²) in [6.45, 7) is 0. The second kappa shape index (κ2) is 10.7. The summed E-state index contributed by atoms with van der Waals surface area (Å²) in [4.78, 5) is 39.6. The van der Waals surface area contributed by atoms with Crippen molar-refractivity contribution in [2.75, 3.05) is 11.5 Å². The summed E-state index contributed by atoms with van der Waals surface area (Å²) >= 11 is 11.0. The summed E-state index contributed by atoms with van der Waals surface area (Å²) in [5.41, 5.74) is 10.6. The number of aromatic amines is 2. The predicted octanol–water partition coefficient (Wildman–Crippen LogP) is -0.603. The van der Waals surface area contributed by atoms with Gasteiger partial charge in [-0.15, -0.1) is 0 Å². The molecule has 0 saturated heterocycles. The quantitative estimate of drug-likeness (QED) is 0.443. The van der Waals surface area contributed by atoms with Crippen LogP contribution < -0.4 is 31.2 Å². The predicted molar refractivity (Wildman–Crippen MR) is 85.6 cm³/mol. The lowest BCUT2D eigenvalue weighted by atomic mass is 10.5. The van der Waals surface area contributed by atoms with Gasteiger partial charge in [-0.05, 0) is 12.1 Å². The van der Waals surface area contributed by atoms with E-state index in [1.54, 1.807) is 36.7 Å². The molecule has 2 rings (SSSR count). The van der Waals surface area contributed by atoms with E-state index < -0.39 is 15.6 Å². The number of halogens is 2. The average molecular weight is 435 g/mol. The zero-order valence-corrected chi connectivity index (χ0v) is 15.5. The molecule has 0 bridgehead atoms. The fourth-order valence-corrected chi connectivity index (χ4v) is 2.24. The van der Waals surface area contributed by atoms with Gasteiger partial charge in [0.25, 0.3) is 27.3 Å². The Labute approximate surface area is 152 Å². The number of hydrogen-bond donors (Lipinski definition) is 4. The number of aromatic nitrogens is 2. The van der Waals surface area contributed by atoms with Crippen LogP contribution in [0.25, 0.3) is 0 Å². The molecule has 0 spiro atoms. The molecule has 0 fully saturated rings. The lowest BCUT2D eigenvalue weighted by Crippen LogP contribution is -2.07. The van der Waals surface area contributed by atoms with E-state index in [0.717, 1.165) is 0 Å². The molecule has 0 aliphatic rings. The Morgan fingerprint density at radius 1 is 0.880 bits per heavy atom. The summed E-state index contributed by atoms with van der Waals surface area (Å²) in [6, 6.07) is 6.88. The maximum Gasteiger partial charge on any atom is 0.271 e. The van der Waals surface area contributed by atoms with Crippen LogP contribution in [0.15, 0.2) is 36.7 Å². The van der Waals surface area contributed by atoms with Crippen LogP contribution in [0.1, 0.15) is 0 Å². The summed E-state index contributed by atoms with van der Waals surface area (Å²) in [7, 11) is -10.7. The second-order valence-electron chi connectivity index (χ2n) is 3.94. The van der Waals surface area contributed by atoms with E-state index in [2.05, 4.69) is 14.3 Å². The molecule has 2 heterocycles. The molecule has 2 aromatic rings. The number of H-pyrrole nitrogens is 2. The molecule has 0 amide bonds. The van der Waals surface area contributed by atoms with E-state index in [-0.39, 0.29) is 0 Å². The standard InChI is InChI=1S/2C5H5ClN2.H4O7P2/c2*6-4-1-2-5(7)8-3-4;1-8(2,3)7-9(4,5)6/h2*1-3H,(H2,7,8);(H2,1,2,3)(H2,4,5,6). The third kappa shape index (κ3) is 16.0. The smallest absolute Gasteiger partial charge is 0.271 e. The zero-order chi connectivity index (χ0) is 19.7. The van der Waals surface area contributed by atoms with Gasteiger partial charge >= 0.3 is 0 Å². The van der Waals surface area contributed by atoms with Crippen molar-refractivity contribution in [2.24, 2.45) is 0 Å². The molecule has 140 valence electrons. The molecule has 0 aromatic carbocycles. The maximum absolute atomic E-state index is 9.48. The van der Waals surface area contributed by atoms with Crippen molar-refractivity contribution in [3.63, 3.8) is 0 Å². The fourth-order valence-electron chi connectivity index (χ4n) is 0.966. The van der Waals surface area contributed by atoms with Crippen molar-refractivity contribution in [1.82, 2.24) is 0 Å². The lowest BCUT2D eigenvalue weighted by Gasteiger charge is -2.22. The molecule has 0 saturated carbocycles. The first kappa shape index (κ1) is 23.7. The van der Waals surface area contributed by atoms with Crippen LogP contribution in [0, 0.1) is 0 Å². The number of phosphoric acid groups is 2. The molecule has 2 unspecified atom stereocenters. The van der Waals surface area contributed by atoms with E-state index in [1.807, 2.05) is 0 Å². The van der Waals surface area contributed by atoms with Gasteiger partial charge in [0.1, 0.15) is 12.4 Å². The number of hydrogen-bond acceptors (Lipinski definition) is 7.